The quantitative estimate of drug-likeness (QED) is 0.463. The van der Waals surface area contributed by atoms with E-state index in [1.165, 1.54) is 37.5 Å². The second-order valence-corrected chi connectivity index (χ2v) is 5.75. The van der Waals surface area contributed by atoms with Gasteiger partial charge in [0.25, 0.3) is 0 Å². The number of amides is 1. The van der Waals surface area contributed by atoms with Crippen LogP contribution in [0.2, 0.25) is 0 Å². The number of halogens is 2. The predicted molar refractivity (Wildman–Crippen MR) is 104 cm³/mol. The predicted octanol–water partition coefficient (Wildman–Crippen LogP) is 4.63. The minimum Gasteiger partial charge on any atom is -0.493 e. The molecular weight excluding hydrogens is 382 g/mol. The van der Waals surface area contributed by atoms with Crippen LogP contribution in [-0.4, -0.2) is 26.2 Å². The van der Waals surface area contributed by atoms with Gasteiger partial charge in [-0.2, -0.15) is 14.0 Å². The molecule has 0 radical (unpaired) electrons. The Bertz CT molecular complexity index is 894. The van der Waals surface area contributed by atoms with Gasteiger partial charge in [-0.1, -0.05) is 12.1 Å². The summed E-state index contributed by atoms with van der Waals surface area (Å²) in [5, 5.41) is 11.2. The zero-order valence-electron chi connectivity index (χ0n) is 15.7. The van der Waals surface area contributed by atoms with Crippen LogP contribution in [0.5, 0.6) is 17.2 Å². The lowest BCUT2D eigenvalue weighted by atomic mass is 10.2. The Morgan fingerprint density at radius 2 is 2.07 bits per heavy atom. The molecule has 0 atom stereocenters. The third kappa shape index (κ3) is 7.50. The smallest absolute Gasteiger partial charge is 0.387 e. The number of alkyl halides is 2. The van der Waals surface area contributed by atoms with E-state index in [1.54, 1.807) is 24.3 Å². The van der Waals surface area contributed by atoms with Gasteiger partial charge in [0, 0.05) is 24.3 Å². The van der Waals surface area contributed by atoms with Gasteiger partial charge in [0.05, 0.1) is 19.8 Å². The average molecular weight is 402 g/mol. The highest BCUT2D eigenvalue weighted by Crippen LogP contribution is 2.29. The number of unbranched alkanes of at least 4 members (excludes halogenated alkanes) is 1. The van der Waals surface area contributed by atoms with Gasteiger partial charge in [-0.05, 0) is 42.3 Å². The molecule has 0 aliphatic carbocycles. The first-order valence-electron chi connectivity index (χ1n) is 8.73. The molecule has 29 heavy (non-hydrogen) atoms. The summed E-state index contributed by atoms with van der Waals surface area (Å²) in [5.74, 6) is 0.257. The maximum atomic E-state index is 12.4. The standard InChI is InChI=1S/C21H20F2N2O4/c1-27-19-13-15(7-9-18(19)29-21(22)23)8-10-20(26)25-16-5-4-6-17(14-16)28-12-3-2-11-24/h4-10,13-14,21H,2-3,12H2,1H3,(H,25,26). The second-order valence-electron chi connectivity index (χ2n) is 5.75. The van der Waals surface area contributed by atoms with E-state index in [1.807, 2.05) is 6.07 Å². The first-order valence-corrected chi connectivity index (χ1v) is 8.73. The van der Waals surface area contributed by atoms with Crippen molar-refractivity contribution in [3.05, 3.63) is 54.1 Å². The fraction of sp³-hybridized carbons (Fsp3) is 0.238. The van der Waals surface area contributed by atoms with Crippen molar-refractivity contribution in [2.75, 3.05) is 19.0 Å². The van der Waals surface area contributed by atoms with Crippen molar-refractivity contribution in [2.45, 2.75) is 19.5 Å². The third-order valence-corrected chi connectivity index (χ3v) is 3.63. The minimum atomic E-state index is -2.96. The summed E-state index contributed by atoms with van der Waals surface area (Å²) >= 11 is 0. The molecule has 0 unspecified atom stereocenters. The molecule has 1 amide bonds. The van der Waals surface area contributed by atoms with Crippen LogP contribution in [0.1, 0.15) is 18.4 Å². The molecule has 0 heterocycles. The normalized spacial score (nSPS) is 10.6. The van der Waals surface area contributed by atoms with E-state index in [0.717, 1.165) is 0 Å². The first kappa shape index (κ1) is 21.7. The zero-order chi connectivity index (χ0) is 21.1. The van der Waals surface area contributed by atoms with Gasteiger partial charge in [0.2, 0.25) is 5.91 Å². The van der Waals surface area contributed by atoms with Gasteiger partial charge in [-0.3, -0.25) is 4.79 Å². The average Bonchev–Trinajstić information content (AvgIpc) is 2.70. The zero-order valence-corrected chi connectivity index (χ0v) is 15.7. The SMILES string of the molecule is COc1cc(C=CC(=O)Nc2cccc(OCCCC#N)c2)ccc1OC(F)F. The lowest BCUT2D eigenvalue weighted by Crippen LogP contribution is -2.08. The number of ether oxygens (including phenoxy) is 3. The van der Waals surface area contributed by atoms with Gasteiger partial charge < -0.3 is 19.5 Å². The number of rotatable bonds is 10. The van der Waals surface area contributed by atoms with E-state index in [4.69, 9.17) is 14.7 Å². The number of methoxy groups -OCH3 is 1. The van der Waals surface area contributed by atoms with Crippen LogP contribution >= 0.6 is 0 Å². The number of nitriles is 1. The molecule has 152 valence electrons. The van der Waals surface area contributed by atoms with Crippen molar-refractivity contribution in [3.63, 3.8) is 0 Å². The monoisotopic (exact) mass is 402 g/mol. The van der Waals surface area contributed by atoms with E-state index in [-0.39, 0.29) is 17.4 Å². The highest BCUT2D eigenvalue weighted by atomic mass is 19.3. The summed E-state index contributed by atoms with van der Waals surface area (Å²) < 4.78 is 39.6. The summed E-state index contributed by atoms with van der Waals surface area (Å²) in [6, 6.07) is 13.3. The number of anilines is 1. The Labute approximate surface area is 167 Å². The first-order chi connectivity index (χ1) is 14.0. The highest BCUT2D eigenvalue weighted by Gasteiger charge is 2.10. The molecule has 0 aliphatic heterocycles. The van der Waals surface area contributed by atoms with Gasteiger partial charge in [-0.25, -0.2) is 0 Å². The summed E-state index contributed by atoms with van der Waals surface area (Å²) in [6.07, 6.45) is 3.87. The Balaban J connectivity index is 1.96. The maximum absolute atomic E-state index is 12.4. The number of benzene rings is 2. The lowest BCUT2D eigenvalue weighted by molar-refractivity contribution is -0.111. The van der Waals surface area contributed by atoms with Crippen LogP contribution in [0.25, 0.3) is 6.08 Å². The Kier molecular flexibility index (Phi) is 8.45. The third-order valence-electron chi connectivity index (χ3n) is 3.63. The number of nitrogens with zero attached hydrogens (tertiary/aromatic N) is 1. The van der Waals surface area contributed by atoms with Gasteiger partial charge in [0.15, 0.2) is 11.5 Å². The molecule has 2 aromatic rings. The molecule has 0 aliphatic rings. The highest BCUT2D eigenvalue weighted by molar-refractivity contribution is 6.02. The van der Waals surface area contributed by atoms with E-state index >= 15 is 0 Å². The van der Waals surface area contributed by atoms with Crippen LogP contribution in [0.15, 0.2) is 48.5 Å². The number of hydrogen-bond donors (Lipinski definition) is 1. The van der Waals surface area contributed by atoms with E-state index in [2.05, 4.69) is 10.1 Å². The minimum absolute atomic E-state index is 0.0873. The summed E-state index contributed by atoms with van der Waals surface area (Å²) in [4.78, 5) is 12.1. The van der Waals surface area contributed by atoms with Crippen LogP contribution in [0, 0.1) is 11.3 Å². The molecule has 0 saturated carbocycles. The molecule has 0 spiro atoms. The Morgan fingerprint density at radius 1 is 1.24 bits per heavy atom. The number of carbonyl (C=O) groups is 1. The molecule has 6 nitrogen and oxygen atoms in total. The summed E-state index contributed by atoms with van der Waals surface area (Å²) in [5.41, 5.74) is 1.13. The van der Waals surface area contributed by atoms with Crippen molar-refractivity contribution in [2.24, 2.45) is 0 Å². The van der Waals surface area contributed by atoms with Crippen LogP contribution in [-0.2, 0) is 4.79 Å². The van der Waals surface area contributed by atoms with Crippen LogP contribution < -0.4 is 19.5 Å². The van der Waals surface area contributed by atoms with Crippen molar-refractivity contribution >= 4 is 17.7 Å². The molecular formula is C21H20F2N2O4. The summed E-state index contributed by atoms with van der Waals surface area (Å²) in [7, 11) is 1.34. The van der Waals surface area contributed by atoms with E-state index < -0.39 is 6.61 Å². The Morgan fingerprint density at radius 3 is 2.79 bits per heavy atom. The van der Waals surface area contributed by atoms with Gasteiger partial charge in [-0.15, -0.1) is 0 Å². The fourth-order valence-electron chi connectivity index (χ4n) is 2.34. The van der Waals surface area contributed by atoms with Gasteiger partial charge in [0.1, 0.15) is 5.75 Å². The number of carbonyl (C=O) groups excluding carboxylic acids is 1. The number of hydrogen-bond acceptors (Lipinski definition) is 5. The topological polar surface area (TPSA) is 80.6 Å². The molecule has 0 fully saturated rings. The molecule has 0 bridgehead atoms. The Hall–Kier alpha value is -3.60. The maximum Gasteiger partial charge on any atom is 0.387 e. The van der Waals surface area contributed by atoms with Crippen LogP contribution in [0.3, 0.4) is 0 Å². The molecule has 0 saturated heterocycles. The molecule has 1 N–H and O–H groups in total. The second kappa shape index (κ2) is 11.3. The van der Waals surface area contributed by atoms with Crippen molar-refractivity contribution in [1.82, 2.24) is 0 Å². The summed E-state index contributed by atoms with van der Waals surface area (Å²) in [6.45, 7) is -2.54. The molecule has 2 rings (SSSR count). The van der Waals surface area contributed by atoms with Gasteiger partial charge >= 0.3 is 6.61 Å². The van der Waals surface area contributed by atoms with Crippen molar-refractivity contribution in [1.29, 1.82) is 5.26 Å². The van der Waals surface area contributed by atoms with Crippen molar-refractivity contribution < 1.29 is 27.8 Å². The number of nitrogens with one attached hydrogen (secondary N) is 1. The van der Waals surface area contributed by atoms with E-state index in [9.17, 15) is 13.6 Å². The van der Waals surface area contributed by atoms with Crippen molar-refractivity contribution in [3.8, 4) is 23.3 Å². The molecule has 2 aromatic carbocycles. The van der Waals surface area contributed by atoms with E-state index in [0.29, 0.717) is 36.4 Å². The fourth-order valence-corrected chi connectivity index (χ4v) is 2.34. The lowest BCUT2D eigenvalue weighted by Gasteiger charge is -2.10. The molecule has 8 heteroatoms. The molecule has 0 aromatic heterocycles. The van der Waals surface area contributed by atoms with Crippen LogP contribution in [0.4, 0.5) is 14.5 Å². The largest absolute Gasteiger partial charge is 0.493 e.